The van der Waals surface area contributed by atoms with Crippen LogP contribution in [0.4, 0.5) is 11.4 Å². The van der Waals surface area contributed by atoms with E-state index in [1.807, 2.05) is 19.9 Å². The van der Waals surface area contributed by atoms with Gasteiger partial charge in [-0.3, -0.25) is 10.1 Å². The lowest BCUT2D eigenvalue weighted by atomic mass is 10.2. The lowest BCUT2D eigenvalue weighted by molar-refractivity contribution is -0.384. The molecule has 1 aromatic heterocycles. The molecular formula is C14H16N4O2S. The molecule has 110 valence electrons. The molecule has 0 spiro atoms. The molecule has 0 aliphatic heterocycles. The van der Waals surface area contributed by atoms with Gasteiger partial charge in [-0.1, -0.05) is 11.8 Å². The van der Waals surface area contributed by atoms with E-state index in [1.54, 1.807) is 19.2 Å². The number of rotatable bonds is 5. The van der Waals surface area contributed by atoms with E-state index in [4.69, 9.17) is 0 Å². The van der Waals surface area contributed by atoms with Crippen molar-refractivity contribution in [1.82, 2.24) is 9.97 Å². The molecule has 0 bridgehead atoms. The summed E-state index contributed by atoms with van der Waals surface area (Å²) in [6, 6.07) is 6.71. The van der Waals surface area contributed by atoms with E-state index in [-0.39, 0.29) is 10.6 Å². The monoisotopic (exact) mass is 304 g/mol. The summed E-state index contributed by atoms with van der Waals surface area (Å²) in [6.45, 7) is 3.84. The smallest absolute Gasteiger partial charge is 0.269 e. The Labute approximate surface area is 127 Å². The van der Waals surface area contributed by atoms with Gasteiger partial charge in [0.15, 0.2) is 5.16 Å². The van der Waals surface area contributed by atoms with Crippen LogP contribution in [0.5, 0.6) is 0 Å². The van der Waals surface area contributed by atoms with Crippen LogP contribution in [0.1, 0.15) is 17.0 Å². The molecule has 0 amide bonds. The molecule has 0 radical (unpaired) electrons. The van der Waals surface area contributed by atoms with Gasteiger partial charge in [0.2, 0.25) is 0 Å². The third kappa shape index (κ3) is 3.91. The molecular weight excluding hydrogens is 288 g/mol. The number of aromatic nitrogens is 2. The maximum Gasteiger partial charge on any atom is 0.269 e. The summed E-state index contributed by atoms with van der Waals surface area (Å²) in [5.74, 6) is 0.570. The summed E-state index contributed by atoms with van der Waals surface area (Å²) >= 11 is 1.47. The number of hydrogen-bond acceptors (Lipinski definition) is 6. The standard InChI is InChI=1S/C14H16N4O2S/c1-9-6-10(2)17-14(16-9)21-8-11-7-12(18(19)20)4-5-13(11)15-3/h4-7,15H,8H2,1-3H3. The number of hydrogen-bond donors (Lipinski definition) is 1. The summed E-state index contributed by atoms with van der Waals surface area (Å²) in [5.41, 5.74) is 3.65. The van der Waals surface area contributed by atoms with E-state index in [1.165, 1.54) is 17.8 Å². The van der Waals surface area contributed by atoms with Crippen molar-refractivity contribution in [3.8, 4) is 0 Å². The Morgan fingerprint density at radius 3 is 2.48 bits per heavy atom. The summed E-state index contributed by atoms with van der Waals surface area (Å²) in [4.78, 5) is 19.2. The lowest BCUT2D eigenvalue weighted by Gasteiger charge is -2.08. The van der Waals surface area contributed by atoms with Crippen molar-refractivity contribution in [3.63, 3.8) is 0 Å². The topological polar surface area (TPSA) is 81.0 Å². The molecule has 0 saturated carbocycles. The molecule has 6 nitrogen and oxygen atoms in total. The van der Waals surface area contributed by atoms with Crippen LogP contribution in [-0.2, 0) is 5.75 Å². The largest absolute Gasteiger partial charge is 0.388 e. The first-order chi connectivity index (χ1) is 9.99. The molecule has 21 heavy (non-hydrogen) atoms. The SMILES string of the molecule is CNc1ccc([N+](=O)[O-])cc1CSc1nc(C)cc(C)n1. The first-order valence-electron chi connectivity index (χ1n) is 6.39. The fourth-order valence-electron chi connectivity index (χ4n) is 1.96. The van der Waals surface area contributed by atoms with Crippen LogP contribution >= 0.6 is 11.8 Å². The van der Waals surface area contributed by atoms with Crippen LogP contribution in [0.25, 0.3) is 0 Å². The van der Waals surface area contributed by atoms with Gasteiger partial charge in [0.1, 0.15) is 0 Å². The fourth-order valence-corrected chi connectivity index (χ4v) is 2.90. The van der Waals surface area contributed by atoms with E-state index >= 15 is 0 Å². The molecule has 1 heterocycles. The van der Waals surface area contributed by atoms with E-state index < -0.39 is 0 Å². The zero-order valence-corrected chi connectivity index (χ0v) is 12.9. The normalized spacial score (nSPS) is 10.4. The quantitative estimate of drug-likeness (QED) is 0.395. The van der Waals surface area contributed by atoms with Crippen molar-refractivity contribution in [2.75, 3.05) is 12.4 Å². The predicted molar refractivity (Wildman–Crippen MR) is 83.7 cm³/mol. The summed E-state index contributed by atoms with van der Waals surface area (Å²) < 4.78 is 0. The minimum atomic E-state index is -0.388. The maximum atomic E-state index is 10.9. The van der Waals surface area contributed by atoms with Crippen molar-refractivity contribution < 1.29 is 4.92 Å². The van der Waals surface area contributed by atoms with Crippen LogP contribution in [0.2, 0.25) is 0 Å². The molecule has 0 aliphatic rings. The molecule has 1 aromatic carbocycles. The average Bonchev–Trinajstić information content (AvgIpc) is 2.43. The van der Waals surface area contributed by atoms with Crippen LogP contribution in [0.3, 0.4) is 0 Å². The number of nitro benzene ring substituents is 1. The van der Waals surface area contributed by atoms with Gasteiger partial charge in [-0.25, -0.2) is 9.97 Å². The van der Waals surface area contributed by atoms with Gasteiger partial charge in [0.25, 0.3) is 5.69 Å². The number of aryl methyl sites for hydroxylation is 2. The highest BCUT2D eigenvalue weighted by Crippen LogP contribution is 2.28. The maximum absolute atomic E-state index is 10.9. The molecule has 0 fully saturated rings. The second-order valence-corrected chi connectivity index (χ2v) is 5.51. The second kappa shape index (κ2) is 6.53. The molecule has 1 N–H and O–H groups in total. The van der Waals surface area contributed by atoms with Crippen LogP contribution in [0, 0.1) is 24.0 Å². The average molecular weight is 304 g/mol. The number of benzene rings is 1. The van der Waals surface area contributed by atoms with Gasteiger partial charge in [-0.2, -0.15) is 0 Å². The third-order valence-corrected chi connectivity index (χ3v) is 3.78. The fraction of sp³-hybridized carbons (Fsp3) is 0.286. The highest BCUT2D eigenvalue weighted by atomic mass is 32.2. The molecule has 2 aromatic rings. The molecule has 7 heteroatoms. The van der Waals surface area contributed by atoms with Crippen LogP contribution in [0.15, 0.2) is 29.4 Å². The lowest BCUT2D eigenvalue weighted by Crippen LogP contribution is -1.98. The van der Waals surface area contributed by atoms with Crippen LogP contribution < -0.4 is 5.32 Å². The summed E-state index contributed by atoms with van der Waals surface area (Å²) in [7, 11) is 1.79. The van der Waals surface area contributed by atoms with Gasteiger partial charge in [-0.05, 0) is 31.5 Å². The zero-order valence-electron chi connectivity index (χ0n) is 12.1. The number of nitrogens with zero attached hydrogens (tertiary/aromatic N) is 3. The molecule has 0 aliphatic carbocycles. The summed E-state index contributed by atoms with van der Waals surface area (Å²) in [6.07, 6.45) is 0. The van der Waals surface area contributed by atoms with Crippen molar-refractivity contribution in [2.45, 2.75) is 24.8 Å². The first-order valence-corrected chi connectivity index (χ1v) is 7.38. The highest BCUT2D eigenvalue weighted by Gasteiger charge is 2.11. The molecule has 0 atom stereocenters. The number of nitrogens with one attached hydrogen (secondary N) is 1. The Morgan fingerprint density at radius 1 is 1.24 bits per heavy atom. The summed E-state index contributed by atoms with van der Waals surface area (Å²) in [5, 5.41) is 14.6. The predicted octanol–water partition coefficient (Wildman–Crippen LogP) is 3.34. The van der Waals surface area contributed by atoms with Crippen molar-refractivity contribution in [3.05, 3.63) is 51.3 Å². The minimum absolute atomic E-state index is 0.0888. The Morgan fingerprint density at radius 2 is 1.90 bits per heavy atom. The van der Waals surface area contributed by atoms with Crippen molar-refractivity contribution in [1.29, 1.82) is 0 Å². The number of thioether (sulfide) groups is 1. The number of nitro groups is 1. The Kier molecular flexibility index (Phi) is 4.74. The van der Waals surface area contributed by atoms with Gasteiger partial charge < -0.3 is 5.32 Å². The van der Waals surface area contributed by atoms with E-state index in [9.17, 15) is 10.1 Å². The highest BCUT2D eigenvalue weighted by molar-refractivity contribution is 7.98. The molecule has 2 rings (SSSR count). The first kappa shape index (κ1) is 15.2. The van der Waals surface area contributed by atoms with Crippen molar-refractivity contribution >= 4 is 23.1 Å². The third-order valence-electron chi connectivity index (χ3n) is 2.89. The van der Waals surface area contributed by atoms with Gasteiger partial charge in [-0.15, -0.1) is 0 Å². The van der Waals surface area contributed by atoms with Gasteiger partial charge in [0, 0.05) is 42.0 Å². The van der Waals surface area contributed by atoms with Crippen molar-refractivity contribution in [2.24, 2.45) is 0 Å². The second-order valence-electron chi connectivity index (χ2n) is 4.57. The van der Waals surface area contributed by atoms with Gasteiger partial charge in [0.05, 0.1) is 4.92 Å². The Balaban J connectivity index is 2.21. The zero-order chi connectivity index (χ0) is 15.4. The number of non-ortho nitro benzene ring substituents is 1. The van der Waals surface area contributed by atoms with Crippen LogP contribution in [-0.4, -0.2) is 21.9 Å². The van der Waals surface area contributed by atoms with Gasteiger partial charge >= 0.3 is 0 Å². The molecule has 0 saturated heterocycles. The molecule has 0 unspecified atom stereocenters. The number of anilines is 1. The Hall–Kier alpha value is -2.15. The van der Waals surface area contributed by atoms with E-state index in [0.717, 1.165) is 22.6 Å². The van der Waals surface area contributed by atoms with E-state index in [2.05, 4.69) is 15.3 Å². The Bertz CT molecular complexity index is 656. The van der Waals surface area contributed by atoms with E-state index in [0.29, 0.717) is 10.9 Å². The minimum Gasteiger partial charge on any atom is -0.388 e.